The second-order valence-corrected chi connectivity index (χ2v) is 41.5. The molecule has 0 radical (unpaired) electrons. The molecule has 0 saturated carbocycles. The van der Waals surface area contributed by atoms with Crippen LogP contribution in [0.3, 0.4) is 0 Å². The van der Waals surface area contributed by atoms with Crippen LogP contribution in [0.15, 0.2) is 109 Å². The Labute approximate surface area is 319 Å². The molecular weight excluding hydrogens is 779 g/mol. The van der Waals surface area contributed by atoms with Crippen molar-refractivity contribution in [1.82, 2.24) is 0 Å². The van der Waals surface area contributed by atoms with Gasteiger partial charge in [-0.3, -0.25) is 0 Å². The van der Waals surface area contributed by atoms with Crippen LogP contribution in [0.4, 0.5) is 0 Å². The Hall–Kier alpha value is -1.57. The van der Waals surface area contributed by atoms with Crippen molar-refractivity contribution in [3.63, 3.8) is 0 Å². The first-order valence-corrected chi connectivity index (χ1v) is 37.6. The van der Waals surface area contributed by atoms with Crippen molar-refractivity contribution in [2.24, 2.45) is 0 Å². The van der Waals surface area contributed by atoms with Crippen LogP contribution < -0.4 is 20.7 Å². The van der Waals surface area contributed by atoms with E-state index in [0.29, 0.717) is 0 Å². The van der Waals surface area contributed by atoms with Gasteiger partial charge in [-0.25, -0.2) is 0 Å². The fourth-order valence-electron chi connectivity index (χ4n) is 5.95. The Morgan fingerprint density at radius 2 is 0.673 bits per heavy atom. The van der Waals surface area contributed by atoms with Crippen molar-refractivity contribution in [2.75, 3.05) is 0 Å². The first-order chi connectivity index (χ1) is 22.7. The maximum absolute atomic E-state index is 4.93. The minimum absolute atomic E-state index is 0.826. The number of benzene rings is 4. The molecule has 0 fully saturated rings. The topological polar surface area (TPSA) is 0 Å². The van der Waals surface area contributed by atoms with E-state index in [-0.39, 0.29) is 0 Å². The van der Waals surface area contributed by atoms with Gasteiger partial charge in [-0.1, -0.05) is 183 Å². The molecule has 0 aromatic heterocycles. The molecular formula is C42H54Cl2Si4Zr. The van der Waals surface area contributed by atoms with E-state index in [1.54, 1.807) is 20.7 Å². The van der Waals surface area contributed by atoms with E-state index < -0.39 is 53.1 Å². The van der Waals surface area contributed by atoms with Crippen molar-refractivity contribution in [3.8, 4) is 22.3 Å². The zero-order chi connectivity index (χ0) is 36.4. The van der Waals surface area contributed by atoms with Gasteiger partial charge in [-0.05, 0) is 0 Å². The fraction of sp³-hybridized carbons (Fsp3) is 0.286. The van der Waals surface area contributed by atoms with Crippen LogP contribution in [0.5, 0.6) is 0 Å². The average molecular weight is 833 g/mol. The Morgan fingerprint density at radius 3 is 0.918 bits per heavy atom. The van der Waals surface area contributed by atoms with Gasteiger partial charge in [0.2, 0.25) is 0 Å². The second-order valence-electron chi connectivity index (χ2n) is 17.4. The van der Waals surface area contributed by atoms with Crippen LogP contribution in [0.1, 0.15) is 0 Å². The third-order valence-corrected chi connectivity index (χ3v) is 17.3. The van der Waals surface area contributed by atoms with Gasteiger partial charge in [-0.15, -0.1) is 69.1 Å². The summed E-state index contributed by atoms with van der Waals surface area (Å²) < 4.78 is 0. The Morgan fingerprint density at radius 1 is 0.408 bits per heavy atom. The Bertz CT molecular complexity index is 1740. The Kier molecular flexibility index (Phi) is 13.1. The summed E-state index contributed by atoms with van der Waals surface area (Å²) in [6.07, 6.45) is 0. The molecule has 0 saturated heterocycles. The zero-order valence-corrected chi connectivity index (χ0v) is 39.6. The fourth-order valence-corrected chi connectivity index (χ4v) is 11.0. The molecule has 0 bridgehead atoms. The van der Waals surface area contributed by atoms with Crippen molar-refractivity contribution in [1.29, 1.82) is 0 Å². The van der Waals surface area contributed by atoms with Crippen LogP contribution in [0, 0.1) is 0 Å². The van der Waals surface area contributed by atoms with Gasteiger partial charge < -0.3 is 0 Å². The van der Waals surface area contributed by atoms with Crippen molar-refractivity contribution >= 4 is 91.6 Å². The number of hydrogen-bond acceptors (Lipinski definition) is 0. The molecule has 0 unspecified atom stereocenters. The molecule has 0 heterocycles. The monoisotopic (exact) mass is 830 g/mol. The second kappa shape index (κ2) is 16.0. The van der Waals surface area contributed by atoms with Crippen molar-refractivity contribution in [2.45, 2.75) is 78.6 Å². The molecule has 0 spiro atoms. The standard InChI is InChI=1S/2C21H27Si2.2ClH.Zr/c2*1-22(2,3)20-13-19(14-21(15-20)23(4,5)6)18-11-16-9-7-8-10-17(16)12-18;;;/h2*7-15H,1-6H3;2*1H;/q2*-1;;;+4/p-2. The van der Waals surface area contributed by atoms with Crippen LogP contribution in [-0.2, 0) is 20.8 Å². The summed E-state index contributed by atoms with van der Waals surface area (Å²) in [6, 6.07) is 41.5. The molecule has 0 aliphatic carbocycles. The van der Waals surface area contributed by atoms with Crippen LogP contribution in [0.2, 0.25) is 78.6 Å². The predicted octanol–water partition coefficient (Wildman–Crippen LogP) is 12.0. The van der Waals surface area contributed by atoms with Crippen LogP contribution >= 0.6 is 17.0 Å². The molecule has 49 heavy (non-hydrogen) atoms. The SMILES string of the molecule is C[Si](C)(C)c1cc(-c2cc3ccccc3[cH-]2)cc([Si](C)(C)C)c1.C[Si](C)(C)c1cc(-c2cc3ccccc3[cH-]2)cc([Si](C)(C)C)c1.[Cl][Zr+2][Cl]. The molecule has 0 nitrogen and oxygen atoms in total. The maximum atomic E-state index is 4.93. The third kappa shape index (κ3) is 10.7. The van der Waals surface area contributed by atoms with E-state index in [1.165, 1.54) is 43.8 Å². The van der Waals surface area contributed by atoms with Gasteiger partial charge >= 0.3 is 37.9 Å². The van der Waals surface area contributed by atoms with Gasteiger partial charge in [0.25, 0.3) is 0 Å². The van der Waals surface area contributed by atoms with E-state index in [1.807, 2.05) is 0 Å². The van der Waals surface area contributed by atoms with Gasteiger partial charge in [0, 0.05) is 0 Å². The van der Waals surface area contributed by atoms with E-state index in [2.05, 4.69) is 188 Å². The van der Waals surface area contributed by atoms with E-state index in [4.69, 9.17) is 17.0 Å². The van der Waals surface area contributed by atoms with E-state index >= 15 is 0 Å². The minimum atomic E-state index is -1.32. The van der Waals surface area contributed by atoms with Gasteiger partial charge in [0.05, 0.1) is 32.3 Å². The Balaban J connectivity index is 0.000000205. The summed E-state index contributed by atoms with van der Waals surface area (Å²) in [5.41, 5.74) is 5.54. The molecule has 0 atom stereocenters. The number of hydrogen-bond donors (Lipinski definition) is 0. The molecule has 0 N–H and O–H groups in total. The first-order valence-electron chi connectivity index (χ1n) is 17.3. The van der Waals surface area contributed by atoms with Crippen LogP contribution in [0.25, 0.3) is 43.8 Å². The molecule has 256 valence electrons. The number of rotatable bonds is 6. The summed E-state index contributed by atoms with van der Waals surface area (Å²) in [7, 11) is 4.57. The van der Waals surface area contributed by atoms with Gasteiger partial charge in [0.1, 0.15) is 0 Å². The average Bonchev–Trinajstić information content (AvgIpc) is 3.65. The molecule has 0 aliphatic heterocycles. The summed E-state index contributed by atoms with van der Waals surface area (Å²) >= 11 is -0.826. The molecule has 6 rings (SSSR count). The molecule has 0 aliphatic rings. The van der Waals surface area contributed by atoms with Crippen molar-refractivity contribution < 1.29 is 20.8 Å². The molecule has 0 amide bonds. The number of halogens is 2. The van der Waals surface area contributed by atoms with Crippen molar-refractivity contribution in [3.05, 3.63) is 109 Å². The zero-order valence-electron chi connectivity index (χ0n) is 31.6. The summed E-state index contributed by atoms with van der Waals surface area (Å²) in [5, 5.41) is 11.7. The quantitative estimate of drug-likeness (QED) is 0.116. The molecule has 6 aromatic rings. The number of fused-ring (bicyclic) bond motifs is 2. The summed E-state index contributed by atoms with van der Waals surface area (Å²) in [6.45, 7) is 29.4. The molecule has 6 aromatic carbocycles. The van der Waals surface area contributed by atoms with E-state index in [0.717, 1.165) is 0 Å². The van der Waals surface area contributed by atoms with Gasteiger partial charge in [-0.2, -0.15) is 0 Å². The van der Waals surface area contributed by atoms with Crippen LogP contribution in [-0.4, -0.2) is 32.3 Å². The van der Waals surface area contributed by atoms with E-state index in [9.17, 15) is 0 Å². The third-order valence-electron chi connectivity index (χ3n) is 9.23. The normalized spacial score (nSPS) is 12.2. The predicted molar refractivity (Wildman–Crippen MR) is 234 cm³/mol. The van der Waals surface area contributed by atoms with Gasteiger partial charge in [0.15, 0.2) is 0 Å². The molecule has 7 heteroatoms. The summed E-state index contributed by atoms with van der Waals surface area (Å²) in [4.78, 5) is 0. The summed E-state index contributed by atoms with van der Waals surface area (Å²) in [5.74, 6) is 0. The first kappa shape index (κ1) is 40.2.